The summed E-state index contributed by atoms with van der Waals surface area (Å²) in [5.74, 6) is 1.76. The average Bonchev–Trinajstić information content (AvgIpc) is 2.81. The van der Waals surface area contributed by atoms with Crippen molar-refractivity contribution in [1.29, 1.82) is 0 Å². The number of guanidine groups is 1. The molecule has 32 heavy (non-hydrogen) atoms. The first kappa shape index (κ1) is 24.5. The molecule has 1 aromatic heterocycles. The van der Waals surface area contributed by atoms with E-state index in [0.29, 0.717) is 12.2 Å². The van der Waals surface area contributed by atoms with E-state index in [9.17, 15) is 4.39 Å². The van der Waals surface area contributed by atoms with Gasteiger partial charge in [-0.3, -0.25) is 4.99 Å². The molecule has 1 N–H and O–H groups in total. The second-order valence-electron chi connectivity index (χ2n) is 8.14. The van der Waals surface area contributed by atoms with Crippen LogP contribution < -0.4 is 15.1 Å². The lowest BCUT2D eigenvalue weighted by Crippen LogP contribution is -2.52. The van der Waals surface area contributed by atoms with Gasteiger partial charge in [-0.1, -0.05) is 12.1 Å². The van der Waals surface area contributed by atoms with Crippen LogP contribution in [-0.2, 0) is 6.54 Å². The Labute approximate surface area is 207 Å². The number of aromatic nitrogens is 1. The van der Waals surface area contributed by atoms with Crippen LogP contribution in [0.4, 0.5) is 15.9 Å². The molecular weight excluding hydrogens is 520 g/mol. The summed E-state index contributed by atoms with van der Waals surface area (Å²) >= 11 is 0. The number of likely N-dealkylation sites (N-methyl/N-ethyl adjacent to an activating group) is 1. The topological polar surface area (TPSA) is 50.2 Å². The minimum absolute atomic E-state index is 0. The Hall–Kier alpha value is -2.14. The number of piperazine rings is 2. The fourth-order valence-electron chi connectivity index (χ4n) is 4.16. The number of hydrogen-bond acceptors (Lipinski definition) is 5. The van der Waals surface area contributed by atoms with Gasteiger partial charge in [-0.2, -0.15) is 0 Å². The third-order valence-electron chi connectivity index (χ3n) is 6.07. The van der Waals surface area contributed by atoms with Crippen molar-refractivity contribution in [2.45, 2.75) is 6.54 Å². The van der Waals surface area contributed by atoms with E-state index >= 15 is 0 Å². The maximum Gasteiger partial charge on any atom is 0.194 e. The molecule has 0 bridgehead atoms. The van der Waals surface area contributed by atoms with Crippen LogP contribution in [0.15, 0.2) is 47.6 Å². The normalized spacial score (nSPS) is 17.8. The number of para-hydroxylation sites is 1. The van der Waals surface area contributed by atoms with Crippen LogP contribution in [0.2, 0.25) is 0 Å². The quantitative estimate of drug-likeness (QED) is 0.357. The van der Waals surface area contributed by atoms with Crippen LogP contribution in [0.25, 0.3) is 0 Å². The van der Waals surface area contributed by atoms with E-state index in [1.807, 2.05) is 25.4 Å². The van der Waals surface area contributed by atoms with Crippen molar-refractivity contribution in [3.63, 3.8) is 0 Å². The van der Waals surface area contributed by atoms with Gasteiger partial charge < -0.3 is 24.9 Å². The van der Waals surface area contributed by atoms with Crippen molar-refractivity contribution < 1.29 is 4.39 Å². The molecule has 4 rings (SSSR count). The SMILES string of the molecule is CN=C(NCc1ccnc(N2CCN(C)CC2)c1)N1CCN(c2ccccc2F)CC1.I. The lowest BCUT2D eigenvalue weighted by atomic mass is 10.2. The second kappa shape index (κ2) is 11.6. The number of benzene rings is 1. The first-order chi connectivity index (χ1) is 15.1. The lowest BCUT2D eigenvalue weighted by molar-refractivity contribution is 0.312. The van der Waals surface area contributed by atoms with Crippen LogP contribution >= 0.6 is 24.0 Å². The molecule has 0 radical (unpaired) electrons. The molecule has 174 valence electrons. The number of aliphatic imine (C=N–C) groups is 1. The molecule has 2 aliphatic rings. The van der Waals surface area contributed by atoms with Gasteiger partial charge >= 0.3 is 0 Å². The molecule has 7 nitrogen and oxygen atoms in total. The van der Waals surface area contributed by atoms with Crippen LogP contribution in [0.5, 0.6) is 0 Å². The zero-order valence-corrected chi connectivity index (χ0v) is 21.2. The Bertz CT molecular complexity index is 893. The van der Waals surface area contributed by atoms with Crippen LogP contribution in [0.3, 0.4) is 0 Å². The molecule has 2 aromatic rings. The second-order valence-corrected chi connectivity index (χ2v) is 8.14. The third-order valence-corrected chi connectivity index (χ3v) is 6.07. The maximum absolute atomic E-state index is 14.1. The summed E-state index contributed by atoms with van der Waals surface area (Å²) in [6.07, 6.45) is 1.89. The number of pyridine rings is 1. The molecule has 0 unspecified atom stereocenters. The zero-order valence-electron chi connectivity index (χ0n) is 18.9. The number of halogens is 2. The monoisotopic (exact) mass is 553 g/mol. The van der Waals surface area contributed by atoms with Crippen molar-refractivity contribution in [2.75, 3.05) is 76.3 Å². The van der Waals surface area contributed by atoms with Crippen molar-refractivity contribution in [3.05, 3.63) is 54.0 Å². The smallest absolute Gasteiger partial charge is 0.194 e. The molecule has 0 spiro atoms. The van der Waals surface area contributed by atoms with Crippen LogP contribution in [0.1, 0.15) is 5.56 Å². The summed E-state index contributed by atoms with van der Waals surface area (Å²) in [5, 5.41) is 3.49. The number of hydrogen-bond donors (Lipinski definition) is 1. The van der Waals surface area contributed by atoms with Crippen molar-refractivity contribution in [2.24, 2.45) is 4.99 Å². The van der Waals surface area contributed by atoms with Gasteiger partial charge in [-0.25, -0.2) is 9.37 Å². The maximum atomic E-state index is 14.1. The number of anilines is 2. The fourth-order valence-corrected chi connectivity index (χ4v) is 4.16. The van der Waals surface area contributed by atoms with Gasteiger partial charge in [0.1, 0.15) is 11.6 Å². The summed E-state index contributed by atoms with van der Waals surface area (Å²) in [4.78, 5) is 18.1. The van der Waals surface area contributed by atoms with Crippen LogP contribution in [0, 0.1) is 5.82 Å². The summed E-state index contributed by atoms with van der Waals surface area (Å²) in [7, 11) is 3.97. The van der Waals surface area contributed by atoms with Gasteiger partial charge in [0.2, 0.25) is 0 Å². The number of nitrogens with one attached hydrogen (secondary N) is 1. The largest absolute Gasteiger partial charge is 0.366 e. The Morgan fingerprint density at radius 2 is 1.69 bits per heavy atom. The van der Waals surface area contributed by atoms with E-state index in [4.69, 9.17) is 0 Å². The van der Waals surface area contributed by atoms with E-state index in [1.54, 1.807) is 6.07 Å². The molecular formula is C23H33FIN7. The molecule has 0 atom stereocenters. The van der Waals surface area contributed by atoms with Gasteiger partial charge in [-0.15, -0.1) is 24.0 Å². The van der Waals surface area contributed by atoms with E-state index in [2.05, 4.69) is 54.1 Å². The van der Waals surface area contributed by atoms with Crippen molar-refractivity contribution >= 4 is 41.4 Å². The summed E-state index contributed by atoms with van der Waals surface area (Å²) < 4.78 is 14.1. The molecule has 2 saturated heterocycles. The first-order valence-corrected chi connectivity index (χ1v) is 11.0. The molecule has 0 saturated carbocycles. The Balaban J connectivity index is 0.00000289. The first-order valence-electron chi connectivity index (χ1n) is 11.0. The number of rotatable bonds is 4. The molecule has 0 aliphatic carbocycles. The molecule has 0 amide bonds. The fraction of sp³-hybridized carbons (Fsp3) is 0.478. The molecule has 9 heteroatoms. The Morgan fingerprint density at radius 3 is 2.38 bits per heavy atom. The lowest BCUT2D eigenvalue weighted by Gasteiger charge is -2.37. The minimum atomic E-state index is -0.160. The van der Waals surface area contributed by atoms with Gasteiger partial charge in [0.15, 0.2) is 5.96 Å². The van der Waals surface area contributed by atoms with Crippen molar-refractivity contribution in [1.82, 2.24) is 20.1 Å². The summed E-state index contributed by atoms with van der Waals surface area (Å²) in [5.41, 5.74) is 1.87. The highest BCUT2D eigenvalue weighted by atomic mass is 127. The van der Waals surface area contributed by atoms with E-state index in [0.717, 1.165) is 64.1 Å². The predicted octanol–water partition coefficient (Wildman–Crippen LogP) is 2.49. The Morgan fingerprint density at radius 1 is 1.00 bits per heavy atom. The van der Waals surface area contributed by atoms with Gasteiger partial charge in [-0.05, 0) is 36.9 Å². The zero-order chi connectivity index (χ0) is 21.6. The highest BCUT2D eigenvalue weighted by Crippen LogP contribution is 2.20. The van der Waals surface area contributed by atoms with E-state index in [1.165, 1.54) is 11.6 Å². The summed E-state index contributed by atoms with van der Waals surface area (Å²) in [6.45, 7) is 7.99. The van der Waals surface area contributed by atoms with Gasteiger partial charge in [0, 0.05) is 72.1 Å². The molecule has 3 heterocycles. The standard InChI is InChI=1S/C23H32FN7.HI/c1-25-23(31-15-13-29(14-16-31)21-6-4-3-5-20(21)24)27-18-19-7-8-26-22(17-19)30-11-9-28(2)10-12-30;/h3-8,17H,9-16,18H2,1-2H3,(H,25,27);1H. The summed E-state index contributed by atoms with van der Waals surface area (Å²) in [6, 6.07) is 11.2. The Kier molecular flexibility index (Phi) is 8.92. The van der Waals surface area contributed by atoms with Crippen LogP contribution in [-0.4, -0.2) is 87.2 Å². The molecule has 1 aromatic carbocycles. The van der Waals surface area contributed by atoms with E-state index in [-0.39, 0.29) is 29.8 Å². The highest BCUT2D eigenvalue weighted by molar-refractivity contribution is 14.0. The molecule has 2 aliphatic heterocycles. The van der Waals surface area contributed by atoms with Crippen molar-refractivity contribution in [3.8, 4) is 0 Å². The number of nitrogens with zero attached hydrogens (tertiary/aromatic N) is 6. The average molecular weight is 553 g/mol. The third kappa shape index (κ3) is 6.00. The van der Waals surface area contributed by atoms with E-state index < -0.39 is 0 Å². The minimum Gasteiger partial charge on any atom is -0.366 e. The predicted molar refractivity (Wildman–Crippen MR) is 140 cm³/mol. The van der Waals surface area contributed by atoms with Gasteiger partial charge in [0.05, 0.1) is 5.69 Å². The molecule has 2 fully saturated rings. The highest BCUT2D eigenvalue weighted by Gasteiger charge is 2.21. The van der Waals surface area contributed by atoms with Gasteiger partial charge in [0.25, 0.3) is 0 Å².